The number of nitrogens with zero attached hydrogens (tertiary/aromatic N) is 3. The second-order valence-electron chi connectivity index (χ2n) is 8.46. The lowest BCUT2D eigenvalue weighted by Crippen LogP contribution is -2.46. The van der Waals surface area contributed by atoms with Crippen molar-refractivity contribution in [3.8, 4) is 0 Å². The number of fused-ring (bicyclic) bond motifs is 2. The van der Waals surface area contributed by atoms with E-state index >= 15 is 0 Å². The summed E-state index contributed by atoms with van der Waals surface area (Å²) in [4.78, 5) is 22.7. The summed E-state index contributed by atoms with van der Waals surface area (Å²) in [6.45, 7) is 6.33. The number of anilines is 2. The number of aryl methyl sites for hydroxylation is 1. The number of hydrogen-bond donors (Lipinski definition) is 1. The van der Waals surface area contributed by atoms with Gasteiger partial charge in [0, 0.05) is 67.6 Å². The van der Waals surface area contributed by atoms with Gasteiger partial charge in [0.25, 0.3) is 0 Å². The summed E-state index contributed by atoms with van der Waals surface area (Å²) in [5.41, 5.74) is 4.96. The van der Waals surface area contributed by atoms with E-state index in [0.717, 1.165) is 64.2 Å². The van der Waals surface area contributed by atoms with E-state index in [0.29, 0.717) is 6.42 Å². The Bertz CT molecular complexity index is 1030. The second-order valence-corrected chi connectivity index (χ2v) is 8.46. The summed E-state index contributed by atoms with van der Waals surface area (Å²) < 4.78 is 0. The summed E-state index contributed by atoms with van der Waals surface area (Å²) in [6, 6.07) is 17.2. The molecule has 0 spiro atoms. The van der Waals surface area contributed by atoms with Crippen LogP contribution in [0.1, 0.15) is 24.8 Å². The van der Waals surface area contributed by atoms with Crippen molar-refractivity contribution in [2.45, 2.75) is 25.7 Å². The van der Waals surface area contributed by atoms with Gasteiger partial charge in [-0.3, -0.25) is 9.69 Å². The van der Waals surface area contributed by atoms with Crippen LogP contribution in [0.3, 0.4) is 0 Å². The lowest BCUT2D eigenvalue weighted by Gasteiger charge is -2.36. The Morgan fingerprint density at radius 3 is 2.55 bits per heavy atom. The zero-order valence-electron chi connectivity index (χ0n) is 17.9. The molecular weight excluding hydrogens is 408 g/mol. The Morgan fingerprint density at radius 1 is 0.871 bits per heavy atom. The van der Waals surface area contributed by atoms with E-state index in [9.17, 15) is 4.79 Å². The largest absolute Gasteiger partial charge is 0.369 e. The van der Waals surface area contributed by atoms with Crippen molar-refractivity contribution in [1.29, 1.82) is 0 Å². The van der Waals surface area contributed by atoms with Gasteiger partial charge in [0.1, 0.15) is 0 Å². The molecule has 0 radical (unpaired) electrons. The fourth-order valence-electron chi connectivity index (χ4n) is 4.81. The maximum Gasteiger partial charge on any atom is 0.227 e. The van der Waals surface area contributed by atoms with Gasteiger partial charge in [-0.1, -0.05) is 18.2 Å². The Hall–Kier alpha value is -2.50. The number of H-pyrrole nitrogens is 1. The molecule has 5 rings (SSSR count). The SMILES string of the molecule is Cl.O=C1CCc2ccccc2N1CCCCN1CCN(c2ccc3[nH]ccc3c2)CC1. The number of halogens is 1. The van der Waals surface area contributed by atoms with E-state index in [2.05, 4.69) is 57.2 Å². The molecule has 164 valence electrons. The molecule has 31 heavy (non-hydrogen) atoms. The predicted molar refractivity (Wildman–Crippen MR) is 131 cm³/mol. The van der Waals surface area contributed by atoms with E-state index in [1.165, 1.54) is 22.2 Å². The third-order valence-corrected chi connectivity index (χ3v) is 6.57. The number of benzene rings is 2. The summed E-state index contributed by atoms with van der Waals surface area (Å²) in [6.07, 6.45) is 5.73. The normalized spacial score (nSPS) is 17.0. The molecule has 1 N–H and O–H groups in total. The van der Waals surface area contributed by atoms with Gasteiger partial charge in [-0.2, -0.15) is 0 Å². The van der Waals surface area contributed by atoms with Crippen LogP contribution >= 0.6 is 12.4 Å². The van der Waals surface area contributed by atoms with Crippen LogP contribution in [0.4, 0.5) is 11.4 Å². The Kier molecular flexibility index (Phi) is 6.83. The number of para-hydroxylation sites is 1. The molecule has 0 bridgehead atoms. The smallest absolute Gasteiger partial charge is 0.227 e. The minimum atomic E-state index is 0. The molecule has 1 amide bonds. The van der Waals surface area contributed by atoms with E-state index < -0.39 is 0 Å². The van der Waals surface area contributed by atoms with Gasteiger partial charge in [0.2, 0.25) is 5.91 Å². The molecule has 5 nitrogen and oxygen atoms in total. The van der Waals surface area contributed by atoms with Crippen molar-refractivity contribution in [1.82, 2.24) is 9.88 Å². The number of rotatable bonds is 6. The highest BCUT2D eigenvalue weighted by atomic mass is 35.5. The lowest BCUT2D eigenvalue weighted by molar-refractivity contribution is -0.118. The molecule has 0 saturated carbocycles. The molecule has 3 aromatic rings. The Morgan fingerprint density at radius 2 is 1.68 bits per heavy atom. The number of aromatic nitrogens is 1. The van der Waals surface area contributed by atoms with Gasteiger partial charge < -0.3 is 14.8 Å². The van der Waals surface area contributed by atoms with E-state index in [1.54, 1.807) is 0 Å². The number of aromatic amines is 1. The molecule has 2 aromatic carbocycles. The third-order valence-electron chi connectivity index (χ3n) is 6.57. The lowest BCUT2D eigenvalue weighted by atomic mass is 10.0. The van der Waals surface area contributed by atoms with Crippen LogP contribution in [0, 0.1) is 0 Å². The first kappa shape index (κ1) is 21.7. The van der Waals surface area contributed by atoms with Gasteiger partial charge in [-0.25, -0.2) is 0 Å². The molecule has 1 fully saturated rings. The van der Waals surface area contributed by atoms with Crippen molar-refractivity contribution in [2.75, 3.05) is 49.1 Å². The van der Waals surface area contributed by atoms with Gasteiger partial charge in [0.05, 0.1) is 0 Å². The number of carbonyl (C=O) groups is 1. The molecule has 0 aliphatic carbocycles. The van der Waals surface area contributed by atoms with Crippen LogP contribution in [0.15, 0.2) is 54.7 Å². The van der Waals surface area contributed by atoms with Crippen molar-refractivity contribution >= 4 is 40.6 Å². The van der Waals surface area contributed by atoms with Crippen molar-refractivity contribution in [2.24, 2.45) is 0 Å². The van der Waals surface area contributed by atoms with E-state index in [1.807, 2.05) is 17.2 Å². The summed E-state index contributed by atoms with van der Waals surface area (Å²) in [5, 5.41) is 1.28. The number of piperazine rings is 1. The highest BCUT2D eigenvalue weighted by molar-refractivity contribution is 5.96. The molecule has 1 aromatic heterocycles. The minimum Gasteiger partial charge on any atom is -0.369 e. The third kappa shape index (κ3) is 4.73. The number of carbonyl (C=O) groups excluding carboxylic acids is 1. The molecule has 6 heteroatoms. The summed E-state index contributed by atoms with van der Waals surface area (Å²) >= 11 is 0. The maximum absolute atomic E-state index is 12.4. The molecule has 3 heterocycles. The topological polar surface area (TPSA) is 42.6 Å². The highest BCUT2D eigenvalue weighted by Crippen LogP contribution is 2.28. The van der Waals surface area contributed by atoms with Gasteiger partial charge >= 0.3 is 0 Å². The predicted octanol–water partition coefficient (Wildman–Crippen LogP) is 4.47. The molecule has 0 atom stereocenters. The van der Waals surface area contributed by atoms with Crippen molar-refractivity contribution in [3.05, 3.63) is 60.3 Å². The van der Waals surface area contributed by atoms with Crippen LogP contribution in [0.5, 0.6) is 0 Å². The first-order chi connectivity index (χ1) is 14.8. The van der Waals surface area contributed by atoms with Crippen LogP contribution < -0.4 is 9.80 Å². The molecule has 0 unspecified atom stereocenters. The molecule has 2 aliphatic rings. The number of unbranched alkanes of at least 4 members (excludes halogenated alkanes) is 1. The van der Waals surface area contributed by atoms with Crippen molar-refractivity contribution in [3.63, 3.8) is 0 Å². The minimum absolute atomic E-state index is 0. The Balaban J connectivity index is 0.00000231. The monoisotopic (exact) mass is 438 g/mol. The standard InChI is InChI=1S/C25H30N4O.ClH/c30-25-10-7-20-5-1-2-6-24(20)29(25)14-4-3-13-27-15-17-28(18-16-27)22-8-9-23-21(19-22)11-12-26-23;/h1-2,5-6,8-9,11-12,19,26H,3-4,7,10,13-18H2;1H. The van der Waals surface area contributed by atoms with Crippen LogP contribution in [0.25, 0.3) is 10.9 Å². The average molecular weight is 439 g/mol. The van der Waals surface area contributed by atoms with Crippen LogP contribution in [0.2, 0.25) is 0 Å². The molecular formula is C25H31ClN4O. The van der Waals surface area contributed by atoms with Gasteiger partial charge in [-0.05, 0) is 61.7 Å². The maximum atomic E-state index is 12.4. The van der Waals surface area contributed by atoms with E-state index in [4.69, 9.17) is 0 Å². The number of hydrogen-bond acceptors (Lipinski definition) is 3. The van der Waals surface area contributed by atoms with E-state index in [-0.39, 0.29) is 18.3 Å². The summed E-state index contributed by atoms with van der Waals surface area (Å²) in [7, 11) is 0. The Labute approximate surface area is 190 Å². The zero-order chi connectivity index (χ0) is 20.3. The van der Waals surface area contributed by atoms with Crippen molar-refractivity contribution < 1.29 is 4.79 Å². The average Bonchev–Trinajstić information content (AvgIpc) is 3.26. The second kappa shape index (κ2) is 9.75. The molecule has 2 aliphatic heterocycles. The fraction of sp³-hybridized carbons (Fsp3) is 0.400. The van der Waals surface area contributed by atoms with Gasteiger partial charge in [0.15, 0.2) is 0 Å². The first-order valence-electron chi connectivity index (χ1n) is 11.2. The number of amides is 1. The van der Waals surface area contributed by atoms with Crippen LogP contribution in [-0.2, 0) is 11.2 Å². The first-order valence-corrected chi connectivity index (χ1v) is 11.2. The van der Waals surface area contributed by atoms with Crippen LogP contribution in [-0.4, -0.2) is 55.1 Å². The number of nitrogens with one attached hydrogen (secondary N) is 1. The molecule has 1 saturated heterocycles. The highest BCUT2D eigenvalue weighted by Gasteiger charge is 2.23. The fourth-order valence-corrected chi connectivity index (χ4v) is 4.81. The van der Waals surface area contributed by atoms with Gasteiger partial charge in [-0.15, -0.1) is 12.4 Å². The zero-order valence-corrected chi connectivity index (χ0v) is 18.7. The quantitative estimate of drug-likeness (QED) is 0.577. The summed E-state index contributed by atoms with van der Waals surface area (Å²) in [5.74, 6) is 0.279.